The number of amides is 1. The maximum atomic E-state index is 13.0. The Morgan fingerprint density at radius 3 is 2.60 bits per heavy atom. The first-order valence-corrected chi connectivity index (χ1v) is 8.67. The van der Waals surface area contributed by atoms with Gasteiger partial charge in [0.25, 0.3) is 5.91 Å². The number of benzene rings is 2. The van der Waals surface area contributed by atoms with Crippen LogP contribution < -0.4 is 10.1 Å². The van der Waals surface area contributed by atoms with Crippen molar-refractivity contribution >= 4 is 34.1 Å². The summed E-state index contributed by atoms with van der Waals surface area (Å²) in [4.78, 5) is 13.0. The van der Waals surface area contributed by atoms with E-state index in [9.17, 15) is 4.79 Å². The molecular formula is C20H19ClN2O2. The second kappa shape index (κ2) is 5.81. The highest BCUT2D eigenvalue weighted by Crippen LogP contribution is 2.36. The minimum Gasteiger partial charge on any atom is -0.490 e. The van der Waals surface area contributed by atoms with Crippen LogP contribution in [-0.2, 0) is 6.54 Å². The van der Waals surface area contributed by atoms with Gasteiger partial charge in [-0.15, -0.1) is 0 Å². The number of aryl methyl sites for hydroxylation is 3. The summed E-state index contributed by atoms with van der Waals surface area (Å²) in [5.74, 6) is 0.641. The Morgan fingerprint density at radius 2 is 1.88 bits per heavy atom. The zero-order valence-corrected chi connectivity index (χ0v) is 15.2. The molecule has 0 unspecified atom stereocenters. The average molecular weight is 355 g/mol. The van der Waals surface area contributed by atoms with Crippen LogP contribution in [0.25, 0.3) is 10.9 Å². The molecule has 0 bridgehead atoms. The maximum Gasteiger partial charge on any atom is 0.272 e. The van der Waals surface area contributed by atoms with E-state index in [2.05, 4.69) is 24.4 Å². The van der Waals surface area contributed by atoms with Crippen molar-refractivity contribution in [2.24, 2.45) is 0 Å². The third kappa shape index (κ3) is 2.57. The van der Waals surface area contributed by atoms with Gasteiger partial charge in [-0.3, -0.25) is 4.79 Å². The van der Waals surface area contributed by atoms with Crippen LogP contribution in [0.1, 0.15) is 27.2 Å². The van der Waals surface area contributed by atoms with E-state index in [0.717, 1.165) is 33.5 Å². The quantitative estimate of drug-likeness (QED) is 0.713. The third-order valence-corrected chi connectivity index (χ3v) is 5.02. The van der Waals surface area contributed by atoms with Crippen molar-refractivity contribution in [3.8, 4) is 5.75 Å². The number of nitrogens with one attached hydrogen (secondary N) is 1. The van der Waals surface area contributed by atoms with E-state index in [-0.39, 0.29) is 5.91 Å². The molecule has 5 heteroatoms. The van der Waals surface area contributed by atoms with Gasteiger partial charge < -0.3 is 14.6 Å². The summed E-state index contributed by atoms with van der Waals surface area (Å²) in [7, 11) is 0. The van der Waals surface area contributed by atoms with Crippen molar-refractivity contribution in [1.29, 1.82) is 0 Å². The average Bonchev–Trinajstić information content (AvgIpc) is 2.96. The molecule has 2 heterocycles. The number of aromatic nitrogens is 1. The summed E-state index contributed by atoms with van der Waals surface area (Å²) in [6, 6.07) is 9.67. The molecule has 0 spiro atoms. The Labute approximate surface area is 151 Å². The first-order valence-electron chi connectivity index (χ1n) is 8.29. The summed E-state index contributed by atoms with van der Waals surface area (Å²) in [5.41, 5.74) is 5.66. The van der Waals surface area contributed by atoms with Gasteiger partial charge in [0, 0.05) is 11.1 Å². The summed E-state index contributed by atoms with van der Waals surface area (Å²) < 4.78 is 7.70. The molecule has 1 aliphatic rings. The van der Waals surface area contributed by atoms with E-state index in [0.29, 0.717) is 23.9 Å². The maximum absolute atomic E-state index is 13.0. The molecule has 0 saturated carbocycles. The Hall–Kier alpha value is -2.46. The molecule has 0 atom stereocenters. The van der Waals surface area contributed by atoms with Crippen LogP contribution in [0.4, 0.5) is 5.69 Å². The van der Waals surface area contributed by atoms with Gasteiger partial charge in [0.05, 0.1) is 17.1 Å². The number of carbonyl (C=O) groups excluding carboxylic acids is 1. The minimum atomic E-state index is -0.129. The lowest BCUT2D eigenvalue weighted by molar-refractivity contribution is 0.101. The number of anilines is 1. The summed E-state index contributed by atoms with van der Waals surface area (Å²) >= 11 is 6.33. The molecule has 4 rings (SSSR count). The fourth-order valence-corrected chi connectivity index (χ4v) is 3.86. The standard InChI is InChI=1S/C20H19ClN2O2/c1-11-8-12(2)18(13(3)9-11)22-20(24)16-10-14-15(21)4-5-17-19(14)23(16)6-7-25-17/h4-5,8-10H,6-7H2,1-3H3,(H,22,24). The van der Waals surface area contributed by atoms with Gasteiger partial charge in [0.2, 0.25) is 0 Å². The number of ether oxygens (including phenoxy) is 1. The highest BCUT2D eigenvalue weighted by Gasteiger charge is 2.23. The lowest BCUT2D eigenvalue weighted by atomic mass is 10.0. The largest absolute Gasteiger partial charge is 0.490 e. The van der Waals surface area contributed by atoms with Gasteiger partial charge in [-0.25, -0.2) is 0 Å². The van der Waals surface area contributed by atoms with E-state index in [1.807, 2.05) is 36.6 Å². The number of hydrogen-bond acceptors (Lipinski definition) is 2. The van der Waals surface area contributed by atoms with Crippen molar-refractivity contribution in [2.45, 2.75) is 27.3 Å². The fourth-order valence-electron chi connectivity index (χ4n) is 3.65. The molecule has 0 radical (unpaired) electrons. The van der Waals surface area contributed by atoms with E-state index >= 15 is 0 Å². The predicted molar refractivity (Wildman–Crippen MR) is 101 cm³/mol. The van der Waals surface area contributed by atoms with Crippen LogP contribution in [0.15, 0.2) is 30.3 Å². The molecule has 3 aromatic rings. The Kier molecular flexibility index (Phi) is 3.73. The molecule has 1 aromatic heterocycles. The molecular weight excluding hydrogens is 336 g/mol. The van der Waals surface area contributed by atoms with Gasteiger partial charge >= 0.3 is 0 Å². The van der Waals surface area contributed by atoms with Crippen molar-refractivity contribution in [1.82, 2.24) is 4.57 Å². The molecule has 0 saturated heterocycles. The zero-order valence-electron chi connectivity index (χ0n) is 14.4. The topological polar surface area (TPSA) is 43.3 Å². The summed E-state index contributed by atoms with van der Waals surface area (Å²) in [6.07, 6.45) is 0. The molecule has 1 amide bonds. The van der Waals surface area contributed by atoms with E-state index < -0.39 is 0 Å². The predicted octanol–water partition coefficient (Wildman–Crippen LogP) is 4.86. The summed E-state index contributed by atoms with van der Waals surface area (Å²) in [6.45, 7) is 7.25. The van der Waals surface area contributed by atoms with Crippen molar-refractivity contribution in [3.63, 3.8) is 0 Å². The third-order valence-electron chi connectivity index (χ3n) is 4.69. The molecule has 0 aliphatic carbocycles. The van der Waals surface area contributed by atoms with Crippen molar-refractivity contribution in [3.05, 3.63) is 57.7 Å². The highest BCUT2D eigenvalue weighted by molar-refractivity contribution is 6.36. The van der Waals surface area contributed by atoms with Gasteiger partial charge in [0.15, 0.2) is 0 Å². The van der Waals surface area contributed by atoms with E-state index in [1.54, 1.807) is 0 Å². The van der Waals surface area contributed by atoms with Crippen LogP contribution in [0, 0.1) is 20.8 Å². The lowest BCUT2D eigenvalue weighted by Gasteiger charge is -2.19. The number of hydrogen-bond donors (Lipinski definition) is 1. The van der Waals surface area contributed by atoms with Gasteiger partial charge in [-0.05, 0) is 50.1 Å². The number of nitrogens with zero attached hydrogens (tertiary/aromatic N) is 1. The minimum absolute atomic E-state index is 0.129. The molecule has 25 heavy (non-hydrogen) atoms. The molecule has 1 aliphatic heterocycles. The molecule has 4 nitrogen and oxygen atoms in total. The van der Waals surface area contributed by atoms with E-state index in [1.165, 1.54) is 5.56 Å². The summed E-state index contributed by atoms with van der Waals surface area (Å²) in [5, 5.41) is 4.55. The highest BCUT2D eigenvalue weighted by atomic mass is 35.5. The lowest BCUT2D eigenvalue weighted by Crippen LogP contribution is -2.22. The molecule has 128 valence electrons. The van der Waals surface area contributed by atoms with Gasteiger partial charge in [-0.1, -0.05) is 29.3 Å². The van der Waals surface area contributed by atoms with Gasteiger partial charge in [0.1, 0.15) is 18.1 Å². The van der Waals surface area contributed by atoms with Crippen molar-refractivity contribution < 1.29 is 9.53 Å². The molecule has 2 aromatic carbocycles. The van der Waals surface area contributed by atoms with Crippen LogP contribution in [-0.4, -0.2) is 17.1 Å². The normalized spacial score (nSPS) is 13.0. The van der Waals surface area contributed by atoms with Crippen LogP contribution in [0.3, 0.4) is 0 Å². The number of carbonyl (C=O) groups is 1. The Balaban J connectivity index is 1.80. The van der Waals surface area contributed by atoms with Crippen LogP contribution in [0.2, 0.25) is 5.02 Å². The Morgan fingerprint density at radius 1 is 1.16 bits per heavy atom. The zero-order chi connectivity index (χ0) is 17.7. The number of halogens is 1. The van der Waals surface area contributed by atoms with Crippen molar-refractivity contribution in [2.75, 3.05) is 11.9 Å². The SMILES string of the molecule is Cc1cc(C)c(NC(=O)c2cc3c(Cl)ccc4c3n2CCO4)c(C)c1. The smallest absolute Gasteiger partial charge is 0.272 e. The number of rotatable bonds is 2. The first kappa shape index (κ1) is 16.0. The monoisotopic (exact) mass is 354 g/mol. The van der Waals surface area contributed by atoms with Crippen LogP contribution >= 0.6 is 11.6 Å². The van der Waals surface area contributed by atoms with Crippen LogP contribution in [0.5, 0.6) is 5.75 Å². The van der Waals surface area contributed by atoms with Gasteiger partial charge in [-0.2, -0.15) is 0 Å². The second-order valence-corrected chi connectivity index (χ2v) is 6.97. The second-order valence-electron chi connectivity index (χ2n) is 6.57. The molecule has 0 fully saturated rings. The van der Waals surface area contributed by atoms with E-state index in [4.69, 9.17) is 16.3 Å². The first-order chi connectivity index (χ1) is 12.0. The fraction of sp³-hybridized carbons (Fsp3) is 0.250. The molecule has 1 N–H and O–H groups in total. The Bertz CT molecular complexity index is 997.